The molecule has 0 aliphatic carbocycles. The van der Waals surface area contributed by atoms with Gasteiger partial charge in [-0.3, -0.25) is 0 Å². The molecule has 1 aliphatic rings. The number of ether oxygens (including phenoxy) is 2. The van der Waals surface area contributed by atoms with Crippen LogP contribution in [0, 0.1) is 0 Å². The predicted octanol–water partition coefficient (Wildman–Crippen LogP) is 4.56. The van der Waals surface area contributed by atoms with Gasteiger partial charge in [0.2, 0.25) is 0 Å². The van der Waals surface area contributed by atoms with Crippen molar-refractivity contribution in [2.24, 2.45) is 0 Å². The van der Waals surface area contributed by atoms with Gasteiger partial charge in [0, 0.05) is 17.6 Å². The third-order valence-corrected chi connectivity index (χ3v) is 5.04. The standard InChI is InChI=1S/C20H28BrNO5/c1-19(2,3)27-18(25)22-12-4-10-20(11-5-13-22,26-14-17(23)24)15-6-8-16(21)9-7-15/h6-9H,4-5,10-14H2,1-3H3,(H,23,24). The number of halogens is 1. The maximum Gasteiger partial charge on any atom is 0.410 e. The van der Waals surface area contributed by atoms with Crippen LogP contribution >= 0.6 is 15.9 Å². The average Bonchev–Trinajstić information content (AvgIpc) is 2.53. The van der Waals surface area contributed by atoms with Crippen molar-refractivity contribution < 1.29 is 24.2 Å². The van der Waals surface area contributed by atoms with E-state index in [-0.39, 0.29) is 12.7 Å². The van der Waals surface area contributed by atoms with E-state index in [9.17, 15) is 9.59 Å². The minimum Gasteiger partial charge on any atom is -0.480 e. The third-order valence-electron chi connectivity index (χ3n) is 4.51. The summed E-state index contributed by atoms with van der Waals surface area (Å²) in [6.07, 6.45) is 2.39. The van der Waals surface area contributed by atoms with Gasteiger partial charge in [-0.25, -0.2) is 9.59 Å². The number of carboxylic acid groups (broad SMARTS) is 1. The highest BCUT2D eigenvalue weighted by molar-refractivity contribution is 9.10. The fraction of sp³-hybridized carbons (Fsp3) is 0.600. The highest BCUT2D eigenvalue weighted by Crippen LogP contribution is 2.38. The number of rotatable bonds is 4. The Morgan fingerprint density at radius 1 is 1.15 bits per heavy atom. The molecule has 0 atom stereocenters. The molecule has 150 valence electrons. The van der Waals surface area contributed by atoms with E-state index in [0.717, 1.165) is 10.0 Å². The van der Waals surface area contributed by atoms with E-state index in [1.54, 1.807) is 4.90 Å². The second kappa shape index (κ2) is 9.06. The van der Waals surface area contributed by atoms with E-state index in [0.29, 0.717) is 38.8 Å². The van der Waals surface area contributed by atoms with Crippen LogP contribution in [-0.4, -0.2) is 47.4 Å². The molecule has 1 fully saturated rings. The Hall–Kier alpha value is -1.60. The molecule has 7 heteroatoms. The smallest absolute Gasteiger partial charge is 0.410 e. The minimum atomic E-state index is -0.982. The number of aliphatic carboxylic acids is 1. The fourth-order valence-corrected chi connectivity index (χ4v) is 3.59. The topological polar surface area (TPSA) is 76.1 Å². The summed E-state index contributed by atoms with van der Waals surface area (Å²) in [6, 6.07) is 7.82. The highest BCUT2D eigenvalue weighted by Gasteiger charge is 2.36. The molecule has 1 saturated heterocycles. The highest BCUT2D eigenvalue weighted by atomic mass is 79.9. The lowest BCUT2D eigenvalue weighted by atomic mass is 9.83. The summed E-state index contributed by atoms with van der Waals surface area (Å²) < 4.78 is 12.4. The van der Waals surface area contributed by atoms with E-state index >= 15 is 0 Å². The largest absolute Gasteiger partial charge is 0.480 e. The zero-order valence-electron chi connectivity index (χ0n) is 16.2. The minimum absolute atomic E-state index is 0.301. The second-order valence-electron chi connectivity index (χ2n) is 7.86. The Morgan fingerprint density at radius 3 is 2.19 bits per heavy atom. The summed E-state index contributed by atoms with van der Waals surface area (Å²) in [5, 5.41) is 9.10. The lowest BCUT2D eigenvalue weighted by molar-refractivity contribution is -0.152. The Labute approximate surface area is 169 Å². The molecule has 1 aromatic rings. The maximum atomic E-state index is 12.4. The van der Waals surface area contributed by atoms with Crippen LogP contribution in [0.1, 0.15) is 52.0 Å². The number of amides is 1. The molecular weight excluding hydrogens is 414 g/mol. The summed E-state index contributed by atoms with van der Waals surface area (Å²) in [4.78, 5) is 25.2. The van der Waals surface area contributed by atoms with Gasteiger partial charge < -0.3 is 19.5 Å². The summed E-state index contributed by atoms with van der Waals surface area (Å²) >= 11 is 3.43. The van der Waals surface area contributed by atoms with Gasteiger partial charge in [-0.15, -0.1) is 0 Å². The van der Waals surface area contributed by atoms with E-state index in [2.05, 4.69) is 15.9 Å². The van der Waals surface area contributed by atoms with Gasteiger partial charge in [0.25, 0.3) is 0 Å². The molecule has 0 spiro atoms. The van der Waals surface area contributed by atoms with E-state index in [1.165, 1.54) is 0 Å². The molecule has 0 unspecified atom stereocenters. The van der Waals surface area contributed by atoms with Crippen molar-refractivity contribution in [1.29, 1.82) is 0 Å². The molecule has 1 N–H and O–H groups in total. The van der Waals surface area contributed by atoms with Crippen molar-refractivity contribution in [3.63, 3.8) is 0 Å². The van der Waals surface area contributed by atoms with Crippen LogP contribution in [0.4, 0.5) is 4.79 Å². The number of nitrogens with zero attached hydrogens (tertiary/aromatic N) is 1. The number of carbonyl (C=O) groups excluding carboxylic acids is 1. The normalized spacial score (nSPS) is 17.7. The lowest BCUT2D eigenvalue weighted by Gasteiger charge is -2.38. The molecule has 6 nitrogen and oxygen atoms in total. The van der Waals surface area contributed by atoms with E-state index in [4.69, 9.17) is 14.6 Å². The van der Waals surface area contributed by atoms with Crippen LogP contribution in [0.5, 0.6) is 0 Å². The molecule has 1 amide bonds. The molecule has 27 heavy (non-hydrogen) atoms. The SMILES string of the molecule is CC(C)(C)OC(=O)N1CCCC(OCC(=O)O)(c2ccc(Br)cc2)CCC1. The first-order chi connectivity index (χ1) is 12.6. The van der Waals surface area contributed by atoms with Crippen LogP contribution in [0.3, 0.4) is 0 Å². The lowest BCUT2D eigenvalue weighted by Crippen LogP contribution is -2.42. The van der Waals surface area contributed by atoms with Crippen molar-refractivity contribution in [2.45, 2.75) is 57.7 Å². The molecule has 1 heterocycles. The Kier molecular flexibility index (Phi) is 7.28. The quantitative estimate of drug-likeness (QED) is 0.740. The molecule has 1 aromatic carbocycles. The molecule has 1 aliphatic heterocycles. The number of carbonyl (C=O) groups is 2. The van der Waals surface area contributed by atoms with Crippen molar-refractivity contribution >= 4 is 28.0 Å². The molecular formula is C20H28BrNO5. The van der Waals surface area contributed by atoms with E-state index < -0.39 is 17.2 Å². The number of benzene rings is 1. The van der Waals surface area contributed by atoms with Gasteiger partial charge in [-0.2, -0.15) is 0 Å². The van der Waals surface area contributed by atoms with Gasteiger partial charge in [0.1, 0.15) is 12.2 Å². The Balaban J connectivity index is 2.13. The summed E-state index contributed by atoms with van der Waals surface area (Å²) in [5.41, 5.74) is -0.206. The number of carboxylic acids is 1. The Morgan fingerprint density at radius 2 is 1.70 bits per heavy atom. The first-order valence-electron chi connectivity index (χ1n) is 9.21. The first kappa shape index (κ1) is 21.7. The zero-order valence-corrected chi connectivity index (χ0v) is 17.8. The van der Waals surface area contributed by atoms with Gasteiger partial charge in [-0.05, 0) is 64.2 Å². The van der Waals surface area contributed by atoms with Gasteiger partial charge in [0.15, 0.2) is 0 Å². The third kappa shape index (κ3) is 6.50. The molecule has 0 radical (unpaired) electrons. The monoisotopic (exact) mass is 441 g/mol. The van der Waals surface area contributed by atoms with Gasteiger partial charge in [-0.1, -0.05) is 28.1 Å². The fourth-order valence-electron chi connectivity index (χ4n) is 3.33. The van der Waals surface area contributed by atoms with Crippen LogP contribution in [-0.2, 0) is 19.9 Å². The summed E-state index contributed by atoms with van der Waals surface area (Å²) in [7, 11) is 0. The zero-order chi connectivity index (χ0) is 20.1. The Bertz CT molecular complexity index is 643. The van der Waals surface area contributed by atoms with Crippen molar-refractivity contribution in [3.05, 3.63) is 34.3 Å². The number of hydrogen-bond donors (Lipinski definition) is 1. The van der Waals surface area contributed by atoms with Crippen molar-refractivity contribution in [2.75, 3.05) is 19.7 Å². The van der Waals surface area contributed by atoms with Crippen molar-refractivity contribution in [1.82, 2.24) is 4.90 Å². The number of likely N-dealkylation sites (tertiary alicyclic amines) is 1. The van der Waals surface area contributed by atoms with E-state index in [1.807, 2.05) is 45.0 Å². The second-order valence-corrected chi connectivity index (χ2v) is 8.77. The van der Waals surface area contributed by atoms with Crippen molar-refractivity contribution in [3.8, 4) is 0 Å². The van der Waals surface area contributed by atoms with Crippen LogP contribution in [0.25, 0.3) is 0 Å². The summed E-state index contributed by atoms with van der Waals surface area (Å²) in [5.74, 6) is -0.982. The molecule has 2 rings (SSSR count). The predicted molar refractivity (Wildman–Crippen MR) is 106 cm³/mol. The molecule has 0 aromatic heterocycles. The van der Waals surface area contributed by atoms with Gasteiger partial charge in [0.05, 0.1) is 5.60 Å². The summed E-state index contributed by atoms with van der Waals surface area (Å²) in [6.45, 7) is 6.34. The van der Waals surface area contributed by atoms with Crippen LogP contribution < -0.4 is 0 Å². The first-order valence-corrected chi connectivity index (χ1v) is 10.0. The van der Waals surface area contributed by atoms with Crippen LogP contribution in [0.2, 0.25) is 0 Å². The molecule has 0 saturated carbocycles. The van der Waals surface area contributed by atoms with Gasteiger partial charge >= 0.3 is 12.1 Å². The molecule has 0 bridgehead atoms. The maximum absolute atomic E-state index is 12.4. The number of hydrogen-bond acceptors (Lipinski definition) is 4. The average molecular weight is 442 g/mol. The van der Waals surface area contributed by atoms with Crippen LogP contribution in [0.15, 0.2) is 28.7 Å².